The van der Waals surface area contributed by atoms with Gasteiger partial charge in [-0.15, -0.1) is 0 Å². The standard InChI is InChI=1S/C28H29F2N7O5/c1-37-12-11-34-25(37)16-5-4-6-17(13-16)41-26-21(29)23(35-18(28(39)40)7-2-3-10-31)22(30)27(36-26)42-20-14-15(24(32)33)8-9-19(20)38/h4-6,8-9,11-14,18,38H,2-3,7,10,31H2,1H3,(H3,32,33)(H,35,36)(H,39,40). The van der Waals surface area contributed by atoms with Crippen LogP contribution in [0, 0.1) is 17.0 Å². The zero-order valence-electron chi connectivity index (χ0n) is 22.5. The third-order valence-corrected chi connectivity index (χ3v) is 6.19. The number of nitrogens with zero attached hydrogens (tertiary/aromatic N) is 3. The van der Waals surface area contributed by atoms with Crippen LogP contribution in [0.5, 0.6) is 29.0 Å². The number of aliphatic carboxylic acids is 1. The average Bonchev–Trinajstić information content (AvgIpc) is 3.39. The Morgan fingerprint density at radius 3 is 2.52 bits per heavy atom. The number of pyridine rings is 1. The number of nitrogens with two attached hydrogens (primary N) is 2. The maximum absolute atomic E-state index is 15.8. The van der Waals surface area contributed by atoms with Crippen molar-refractivity contribution in [1.29, 1.82) is 5.41 Å². The maximum atomic E-state index is 15.8. The van der Waals surface area contributed by atoms with Crippen molar-refractivity contribution in [3.05, 3.63) is 72.1 Å². The number of phenolic OH excluding ortho intramolecular Hbond substituents is 1. The second kappa shape index (κ2) is 13.0. The van der Waals surface area contributed by atoms with Crippen LogP contribution in [-0.4, -0.2) is 49.1 Å². The molecule has 12 nitrogen and oxygen atoms in total. The first kappa shape index (κ1) is 29.7. The Morgan fingerprint density at radius 2 is 1.88 bits per heavy atom. The number of aromatic nitrogens is 3. The lowest BCUT2D eigenvalue weighted by Crippen LogP contribution is -2.30. The highest BCUT2D eigenvalue weighted by molar-refractivity contribution is 5.95. The van der Waals surface area contributed by atoms with Crippen LogP contribution in [0.1, 0.15) is 24.8 Å². The largest absolute Gasteiger partial charge is 0.504 e. The minimum atomic E-state index is -1.38. The van der Waals surface area contributed by atoms with Gasteiger partial charge >= 0.3 is 5.97 Å². The maximum Gasteiger partial charge on any atom is 0.326 e. The minimum absolute atomic E-state index is 0.0211. The molecule has 0 bridgehead atoms. The highest BCUT2D eigenvalue weighted by Crippen LogP contribution is 2.39. The van der Waals surface area contributed by atoms with Crippen LogP contribution in [0.4, 0.5) is 14.5 Å². The van der Waals surface area contributed by atoms with Crippen LogP contribution in [0.3, 0.4) is 0 Å². The first-order valence-corrected chi connectivity index (χ1v) is 12.8. The zero-order chi connectivity index (χ0) is 30.4. The van der Waals surface area contributed by atoms with Crippen molar-refractivity contribution < 1.29 is 33.3 Å². The molecule has 4 rings (SSSR count). The number of imidazole rings is 1. The van der Waals surface area contributed by atoms with Crippen LogP contribution in [0.2, 0.25) is 0 Å². The number of aromatic hydroxyl groups is 1. The summed E-state index contributed by atoms with van der Waals surface area (Å²) in [4.78, 5) is 20.0. The molecule has 0 fully saturated rings. The van der Waals surface area contributed by atoms with E-state index >= 15 is 8.78 Å². The number of hydrogen-bond donors (Lipinski definition) is 6. The number of halogens is 2. The van der Waals surface area contributed by atoms with Crippen molar-refractivity contribution >= 4 is 17.5 Å². The van der Waals surface area contributed by atoms with E-state index in [9.17, 15) is 15.0 Å². The molecular formula is C28H29F2N7O5. The molecule has 0 radical (unpaired) electrons. The van der Waals surface area contributed by atoms with Crippen LogP contribution < -0.4 is 26.3 Å². The van der Waals surface area contributed by atoms with Crippen LogP contribution >= 0.6 is 0 Å². The van der Waals surface area contributed by atoms with Gasteiger partial charge in [-0.3, -0.25) is 5.41 Å². The van der Waals surface area contributed by atoms with Crippen molar-refractivity contribution in [1.82, 2.24) is 14.5 Å². The second-order valence-electron chi connectivity index (χ2n) is 9.23. The molecule has 4 aromatic rings. The highest BCUT2D eigenvalue weighted by Gasteiger charge is 2.28. The SMILES string of the molecule is Cn1ccnc1-c1cccc(Oc2nc(Oc3cc(C(=N)N)ccc3O)c(F)c(NC(CCCCN)C(=O)O)c2F)c1. The Labute approximate surface area is 239 Å². The fraction of sp³-hybridized carbons (Fsp3) is 0.214. The van der Waals surface area contributed by atoms with Gasteiger partial charge in [-0.25, -0.2) is 9.78 Å². The van der Waals surface area contributed by atoms with Gasteiger partial charge in [0.2, 0.25) is 11.6 Å². The molecule has 42 heavy (non-hydrogen) atoms. The van der Waals surface area contributed by atoms with E-state index < -0.39 is 46.8 Å². The molecule has 0 spiro atoms. The molecular weight excluding hydrogens is 552 g/mol. The summed E-state index contributed by atoms with van der Waals surface area (Å²) in [5.41, 5.74) is 10.9. The molecule has 220 valence electrons. The van der Waals surface area contributed by atoms with Crippen molar-refractivity contribution in [2.45, 2.75) is 25.3 Å². The molecule has 14 heteroatoms. The predicted molar refractivity (Wildman–Crippen MR) is 150 cm³/mol. The van der Waals surface area contributed by atoms with Crippen molar-refractivity contribution in [3.8, 4) is 40.4 Å². The predicted octanol–water partition coefficient (Wildman–Crippen LogP) is 4.33. The van der Waals surface area contributed by atoms with Gasteiger partial charge in [0.05, 0.1) is 0 Å². The normalized spacial score (nSPS) is 11.6. The number of nitrogens with one attached hydrogen (secondary N) is 2. The molecule has 0 saturated carbocycles. The molecule has 8 N–H and O–H groups in total. The number of nitrogen functional groups attached to an aromatic ring is 1. The summed E-state index contributed by atoms with van der Waals surface area (Å²) in [5.74, 6) is -6.03. The van der Waals surface area contributed by atoms with Gasteiger partial charge in [0, 0.05) is 30.6 Å². The Morgan fingerprint density at radius 1 is 1.14 bits per heavy atom. The van der Waals surface area contributed by atoms with Gasteiger partial charge in [0.25, 0.3) is 11.8 Å². The van der Waals surface area contributed by atoms with E-state index in [1.165, 1.54) is 24.3 Å². The van der Waals surface area contributed by atoms with E-state index in [4.69, 9.17) is 26.4 Å². The van der Waals surface area contributed by atoms with Gasteiger partial charge in [0.15, 0.2) is 11.5 Å². The summed E-state index contributed by atoms with van der Waals surface area (Å²) in [5, 5.41) is 30.0. The molecule has 0 saturated heterocycles. The number of ether oxygens (including phenoxy) is 2. The molecule has 2 heterocycles. The van der Waals surface area contributed by atoms with E-state index in [2.05, 4.69) is 15.3 Å². The van der Waals surface area contributed by atoms with Gasteiger partial charge in [-0.05, 0) is 56.1 Å². The van der Waals surface area contributed by atoms with Gasteiger partial charge < -0.3 is 41.0 Å². The number of anilines is 1. The Hall–Kier alpha value is -5.24. The van der Waals surface area contributed by atoms with E-state index in [-0.39, 0.29) is 29.3 Å². The number of amidine groups is 1. The fourth-order valence-corrected chi connectivity index (χ4v) is 4.01. The number of phenols is 1. The Kier molecular flexibility index (Phi) is 9.17. The first-order valence-electron chi connectivity index (χ1n) is 12.8. The highest BCUT2D eigenvalue weighted by atomic mass is 19.1. The number of aryl methyl sites for hydroxylation is 1. The van der Waals surface area contributed by atoms with Crippen LogP contribution in [0.25, 0.3) is 11.4 Å². The molecule has 2 aromatic heterocycles. The Bertz CT molecular complexity index is 1610. The monoisotopic (exact) mass is 581 g/mol. The molecule has 0 aliphatic heterocycles. The number of benzene rings is 2. The van der Waals surface area contributed by atoms with Crippen molar-refractivity contribution in [2.75, 3.05) is 11.9 Å². The van der Waals surface area contributed by atoms with Crippen molar-refractivity contribution in [3.63, 3.8) is 0 Å². The van der Waals surface area contributed by atoms with E-state index in [1.54, 1.807) is 42.2 Å². The summed E-state index contributed by atoms with van der Waals surface area (Å²) in [7, 11) is 1.79. The molecule has 0 amide bonds. The fourth-order valence-electron chi connectivity index (χ4n) is 4.01. The number of carbonyl (C=O) groups is 1. The summed E-state index contributed by atoms with van der Waals surface area (Å²) >= 11 is 0. The third kappa shape index (κ3) is 6.72. The van der Waals surface area contributed by atoms with E-state index in [1.807, 2.05) is 0 Å². The number of carboxylic acids is 1. The summed E-state index contributed by atoms with van der Waals surface area (Å²) in [6.07, 6.45) is 4.26. The summed E-state index contributed by atoms with van der Waals surface area (Å²) < 4.78 is 44.4. The van der Waals surface area contributed by atoms with Crippen molar-refractivity contribution in [2.24, 2.45) is 18.5 Å². The lowest BCUT2D eigenvalue weighted by Gasteiger charge is -2.19. The molecule has 2 aromatic carbocycles. The summed E-state index contributed by atoms with van der Waals surface area (Å²) in [6, 6.07) is 8.77. The average molecular weight is 582 g/mol. The minimum Gasteiger partial charge on any atom is -0.504 e. The van der Waals surface area contributed by atoms with Gasteiger partial charge in [0.1, 0.15) is 29.1 Å². The topological polar surface area (TPSA) is 195 Å². The zero-order valence-corrected chi connectivity index (χ0v) is 22.5. The smallest absolute Gasteiger partial charge is 0.326 e. The number of carboxylic acid groups (broad SMARTS) is 1. The number of unbranched alkanes of at least 4 members (excludes halogenated alkanes) is 1. The Balaban J connectivity index is 1.78. The van der Waals surface area contributed by atoms with E-state index in [0.717, 1.165) is 0 Å². The lowest BCUT2D eigenvalue weighted by molar-refractivity contribution is -0.138. The van der Waals surface area contributed by atoms with Gasteiger partial charge in [-0.2, -0.15) is 13.8 Å². The molecule has 1 unspecified atom stereocenters. The second-order valence-corrected chi connectivity index (χ2v) is 9.23. The number of hydrogen-bond acceptors (Lipinski definition) is 9. The molecule has 1 atom stereocenters. The first-order chi connectivity index (χ1) is 20.1. The molecule has 0 aliphatic carbocycles. The summed E-state index contributed by atoms with van der Waals surface area (Å²) in [6.45, 7) is 0.320. The quantitative estimate of drug-likeness (QED) is 0.0751. The number of rotatable bonds is 13. The van der Waals surface area contributed by atoms with Crippen LogP contribution in [-0.2, 0) is 11.8 Å². The van der Waals surface area contributed by atoms with Crippen LogP contribution in [0.15, 0.2) is 54.9 Å². The third-order valence-electron chi connectivity index (χ3n) is 6.19. The van der Waals surface area contributed by atoms with E-state index in [0.29, 0.717) is 30.8 Å². The molecule has 0 aliphatic rings. The lowest BCUT2D eigenvalue weighted by atomic mass is 10.1. The van der Waals surface area contributed by atoms with Gasteiger partial charge in [-0.1, -0.05) is 12.1 Å².